The summed E-state index contributed by atoms with van der Waals surface area (Å²) in [6.07, 6.45) is 1.70. The zero-order valence-corrected chi connectivity index (χ0v) is 11.7. The van der Waals surface area contributed by atoms with Crippen LogP contribution < -0.4 is 0 Å². The fraction of sp³-hybridized carbons (Fsp3) is 0.0714. The summed E-state index contributed by atoms with van der Waals surface area (Å²) in [4.78, 5) is 4.25. The van der Waals surface area contributed by atoms with Gasteiger partial charge in [-0.05, 0) is 25.1 Å². The van der Waals surface area contributed by atoms with E-state index in [1.807, 2.05) is 37.3 Å². The number of hydrogen-bond acceptors (Lipinski definition) is 3. The quantitative estimate of drug-likeness (QED) is 0.692. The Labute approximate surface area is 118 Å². The highest BCUT2D eigenvalue weighted by atomic mass is 79.9. The van der Waals surface area contributed by atoms with Crippen LogP contribution in [0.15, 0.2) is 41.0 Å². The van der Waals surface area contributed by atoms with Crippen LogP contribution in [0.1, 0.15) is 11.3 Å². The van der Waals surface area contributed by atoms with E-state index >= 15 is 0 Å². The van der Waals surface area contributed by atoms with Gasteiger partial charge in [-0.2, -0.15) is 10.4 Å². The molecule has 0 saturated heterocycles. The summed E-state index contributed by atoms with van der Waals surface area (Å²) in [7, 11) is 0. The Morgan fingerprint density at radius 3 is 2.63 bits per heavy atom. The van der Waals surface area contributed by atoms with E-state index in [1.165, 1.54) is 0 Å². The van der Waals surface area contributed by atoms with Gasteiger partial charge in [0.1, 0.15) is 11.6 Å². The standard InChI is InChI=1S/C14H9BrN4/c1-9-12(8-16)14-17-7-6-13(19(14)18-9)10-2-4-11(15)5-3-10/h2-7H,1H3. The first-order valence-electron chi connectivity index (χ1n) is 5.71. The van der Waals surface area contributed by atoms with Gasteiger partial charge in [0.2, 0.25) is 0 Å². The van der Waals surface area contributed by atoms with Gasteiger partial charge < -0.3 is 0 Å². The molecular formula is C14H9BrN4. The Balaban J connectivity index is 2.31. The van der Waals surface area contributed by atoms with E-state index in [-0.39, 0.29) is 0 Å². The van der Waals surface area contributed by atoms with Gasteiger partial charge in [0, 0.05) is 16.2 Å². The maximum atomic E-state index is 9.15. The number of nitrogens with zero attached hydrogens (tertiary/aromatic N) is 4. The van der Waals surface area contributed by atoms with Crippen LogP contribution in [0.3, 0.4) is 0 Å². The van der Waals surface area contributed by atoms with Crippen LogP contribution in [0.2, 0.25) is 0 Å². The van der Waals surface area contributed by atoms with E-state index in [4.69, 9.17) is 5.26 Å². The predicted molar refractivity (Wildman–Crippen MR) is 75.6 cm³/mol. The largest absolute Gasteiger partial charge is 0.236 e. The zero-order valence-electron chi connectivity index (χ0n) is 10.1. The third kappa shape index (κ3) is 1.90. The lowest BCUT2D eigenvalue weighted by Gasteiger charge is -2.04. The Hall–Kier alpha value is -2.19. The fourth-order valence-electron chi connectivity index (χ4n) is 2.02. The maximum absolute atomic E-state index is 9.15. The lowest BCUT2D eigenvalue weighted by molar-refractivity contribution is 0.925. The van der Waals surface area contributed by atoms with E-state index < -0.39 is 0 Å². The highest BCUT2D eigenvalue weighted by Gasteiger charge is 2.13. The Bertz CT molecular complexity index is 797. The smallest absolute Gasteiger partial charge is 0.173 e. The number of aryl methyl sites for hydroxylation is 1. The molecule has 3 rings (SSSR count). The Morgan fingerprint density at radius 1 is 1.21 bits per heavy atom. The molecule has 0 N–H and O–H groups in total. The Kier molecular flexibility index (Phi) is 2.80. The summed E-state index contributed by atoms with van der Waals surface area (Å²) in [6.45, 7) is 1.82. The summed E-state index contributed by atoms with van der Waals surface area (Å²) >= 11 is 3.42. The number of nitriles is 1. The van der Waals surface area contributed by atoms with Crippen molar-refractivity contribution in [2.45, 2.75) is 6.92 Å². The SMILES string of the molecule is Cc1nn2c(-c3ccc(Br)cc3)ccnc2c1C#N. The molecule has 0 fully saturated rings. The van der Waals surface area contributed by atoms with Crippen LogP contribution in [0.4, 0.5) is 0 Å². The molecule has 0 aliphatic heterocycles. The van der Waals surface area contributed by atoms with Gasteiger partial charge >= 0.3 is 0 Å². The minimum Gasteiger partial charge on any atom is -0.236 e. The minimum atomic E-state index is 0.527. The molecule has 19 heavy (non-hydrogen) atoms. The number of hydrogen-bond donors (Lipinski definition) is 0. The molecule has 1 aromatic carbocycles. The van der Waals surface area contributed by atoms with Crippen LogP contribution in [0.5, 0.6) is 0 Å². The van der Waals surface area contributed by atoms with E-state index in [0.29, 0.717) is 16.9 Å². The van der Waals surface area contributed by atoms with Crippen molar-refractivity contribution in [3.8, 4) is 17.3 Å². The van der Waals surface area contributed by atoms with E-state index in [1.54, 1.807) is 10.7 Å². The molecule has 0 unspecified atom stereocenters. The zero-order chi connectivity index (χ0) is 13.4. The molecule has 0 saturated carbocycles. The summed E-state index contributed by atoms with van der Waals surface area (Å²) in [5.41, 5.74) is 3.77. The second kappa shape index (κ2) is 4.48. The lowest BCUT2D eigenvalue weighted by atomic mass is 10.1. The van der Waals surface area contributed by atoms with Gasteiger partial charge in [-0.25, -0.2) is 9.50 Å². The van der Waals surface area contributed by atoms with Crippen LogP contribution in [-0.2, 0) is 0 Å². The molecule has 0 aliphatic rings. The van der Waals surface area contributed by atoms with Gasteiger partial charge in [-0.3, -0.25) is 0 Å². The first-order valence-corrected chi connectivity index (χ1v) is 6.50. The summed E-state index contributed by atoms with van der Waals surface area (Å²) < 4.78 is 2.74. The predicted octanol–water partition coefficient (Wildman–Crippen LogP) is 3.34. The second-order valence-corrected chi connectivity index (χ2v) is 5.06. The molecule has 4 nitrogen and oxygen atoms in total. The summed E-state index contributed by atoms with van der Waals surface area (Å²) in [5.74, 6) is 0. The number of halogens is 1. The minimum absolute atomic E-state index is 0.527. The first kappa shape index (κ1) is 11.9. The topological polar surface area (TPSA) is 54.0 Å². The second-order valence-electron chi connectivity index (χ2n) is 4.14. The van der Waals surface area contributed by atoms with Crippen LogP contribution in [0.25, 0.3) is 16.9 Å². The van der Waals surface area contributed by atoms with Crippen molar-refractivity contribution in [2.24, 2.45) is 0 Å². The number of aromatic nitrogens is 3. The van der Waals surface area contributed by atoms with E-state index in [9.17, 15) is 0 Å². The van der Waals surface area contributed by atoms with Crippen LogP contribution in [0, 0.1) is 18.3 Å². The molecule has 3 aromatic rings. The van der Waals surface area contributed by atoms with Crippen molar-refractivity contribution in [3.63, 3.8) is 0 Å². The molecule has 0 bridgehead atoms. The molecular weight excluding hydrogens is 304 g/mol. The number of fused-ring (bicyclic) bond motifs is 1. The highest BCUT2D eigenvalue weighted by Crippen LogP contribution is 2.23. The molecule has 0 amide bonds. The first-order chi connectivity index (χ1) is 9.20. The molecule has 2 aromatic heterocycles. The average molecular weight is 313 g/mol. The summed E-state index contributed by atoms with van der Waals surface area (Å²) in [5, 5.41) is 13.6. The van der Waals surface area contributed by atoms with E-state index in [2.05, 4.69) is 32.1 Å². The normalized spacial score (nSPS) is 10.6. The van der Waals surface area contributed by atoms with E-state index in [0.717, 1.165) is 15.7 Å². The lowest BCUT2D eigenvalue weighted by Crippen LogP contribution is -1.95. The van der Waals surface area contributed by atoms with Crippen molar-refractivity contribution >= 4 is 21.6 Å². The molecule has 2 heterocycles. The van der Waals surface area contributed by atoms with Crippen molar-refractivity contribution in [1.29, 1.82) is 5.26 Å². The number of benzene rings is 1. The van der Waals surface area contributed by atoms with Gasteiger partial charge in [0.25, 0.3) is 0 Å². The third-order valence-electron chi connectivity index (χ3n) is 2.95. The average Bonchev–Trinajstić information content (AvgIpc) is 2.75. The van der Waals surface area contributed by atoms with Crippen LogP contribution >= 0.6 is 15.9 Å². The molecule has 0 radical (unpaired) electrons. The van der Waals surface area contributed by atoms with Crippen molar-refractivity contribution in [2.75, 3.05) is 0 Å². The van der Waals surface area contributed by atoms with Crippen molar-refractivity contribution in [3.05, 3.63) is 52.3 Å². The molecule has 5 heteroatoms. The molecule has 0 spiro atoms. The highest BCUT2D eigenvalue weighted by molar-refractivity contribution is 9.10. The molecule has 92 valence electrons. The maximum Gasteiger partial charge on any atom is 0.173 e. The molecule has 0 aliphatic carbocycles. The summed E-state index contributed by atoms with van der Waals surface area (Å²) in [6, 6.07) is 12.0. The monoisotopic (exact) mass is 312 g/mol. The van der Waals surface area contributed by atoms with Gasteiger partial charge in [0.05, 0.1) is 11.4 Å². The van der Waals surface area contributed by atoms with Crippen LogP contribution in [-0.4, -0.2) is 14.6 Å². The van der Waals surface area contributed by atoms with Gasteiger partial charge in [0.15, 0.2) is 5.65 Å². The molecule has 0 atom stereocenters. The third-order valence-corrected chi connectivity index (χ3v) is 3.47. The Morgan fingerprint density at radius 2 is 1.95 bits per heavy atom. The van der Waals surface area contributed by atoms with Crippen molar-refractivity contribution in [1.82, 2.24) is 14.6 Å². The number of rotatable bonds is 1. The van der Waals surface area contributed by atoms with Gasteiger partial charge in [-0.15, -0.1) is 0 Å². The van der Waals surface area contributed by atoms with Gasteiger partial charge in [-0.1, -0.05) is 28.1 Å². The van der Waals surface area contributed by atoms with Crippen molar-refractivity contribution < 1.29 is 0 Å². The fourth-order valence-corrected chi connectivity index (χ4v) is 2.29.